The minimum atomic E-state index is -3.98. The van der Waals surface area contributed by atoms with Gasteiger partial charge in [-0.2, -0.15) is 0 Å². The summed E-state index contributed by atoms with van der Waals surface area (Å²) in [7, 11) is -2.71. The van der Waals surface area contributed by atoms with Crippen LogP contribution in [0.25, 0.3) is 0 Å². The van der Waals surface area contributed by atoms with Gasteiger partial charge in [-0.05, 0) is 30.3 Å². The summed E-state index contributed by atoms with van der Waals surface area (Å²) in [5, 5.41) is 0. The van der Waals surface area contributed by atoms with Crippen LogP contribution in [-0.4, -0.2) is 21.4 Å². The molecule has 0 aliphatic rings. The Morgan fingerprint density at radius 3 is 2.43 bits per heavy atom. The third-order valence-electron chi connectivity index (χ3n) is 2.96. The second kappa shape index (κ2) is 5.53. The molecule has 2 rings (SSSR count). The van der Waals surface area contributed by atoms with E-state index in [4.69, 9.17) is 5.73 Å². The molecule has 21 heavy (non-hydrogen) atoms. The van der Waals surface area contributed by atoms with E-state index in [1.807, 2.05) is 0 Å². The molecule has 2 aromatic carbocycles. The molecule has 1 amide bonds. The molecule has 0 unspecified atom stereocenters. The summed E-state index contributed by atoms with van der Waals surface area (Å²) in [6.07, 6.45) is 0. The third-order valence-corrected chi connectivity index (χ3v) is 4.73. The fraction of sp³-hybridized carbons (Fsp3) is 0.0714. The van der Waals surface area contributed by atoms with Gasteiger partial charge in [0.15, 0.2) is 0 Å². The van der Waals surface area contributed by atoms with Crippen LogP contribution in [0.2, 0.25) is 0 Å². The molecule has 0 aliphatic carbocycles. The Kier molecular flexibility index (Phi) is 3.95. The molecule has 2 aromatic rings. The van der Waals surface area contributed by atoms with Gasteiger partial charge in [-0.15, -0.1) is 0 Å². The number of rotatable bonds is 4. The van der Waals surface area contributed by atoms with Gasteiger partial charge >= 0.3 is 0 Å². The highest BCUT2D eigenvalue weighted by molar-refractivity contribution is 7.92. The number of carbonyl (C=O) groups is 1. The van der Waals surface area contributed by atoms with Crippen LogP contribution in [0.1, 0.15) is 10.4 Å². The van der Waals surface area contributed by atoms with E-state index in [1.54, 1.807) is 12.1 Å². The Morgan fingerprint density at radius 1 is 1.14 bits per heavy atom. The Bertz CT molecular complexity index is 790. The molecular weight excluding hydrogens is 295 g/mol. The van der Waals surface area contributed by atoms with Crippen molar-refractivity contribution < 1.29 is 17.6 Å². The van der Waals surface area contributed by atoms with E-state index < -0.39 is 21.7 Å². The van der Waals surface area contributed by atoms with Crippen LogP contribution in [0.3, 0.4) is 0 Å². The lowest BCUT2D eigenvalue weighted by Crippen LogP contribution is -2.29. The average Bonchev–Trinajstić information content (AvgIpc) is 2.46. The van der Waals surface area contributed by atoms with Gasteiger partial charge in [-0.3, -0.25) is 9.10 Å². The molecule has 7 heteroatoms. The topological polar surface area (TPSA) is 80.5 Å². The van der Waals surface area contributed by atoms with Crippen LogP contribution in [0.15, 0.2) is 53.4 Å². The average molecular weight is 308 g/mol. The standard InChI is InChI=1S/C14H13FN2O3S/c1-17(13-8-3-2-7-12(13)14(16)18)21(19,20)11-6-4-5-10(15)9-11/h2-9H,1H3,(H2,16,18). The molecule has 0 radical (unpaired) electrons. The highest BCUT2D eigenvalue weighted by Gasteiger charge is 2.24. The fourth-order valence-electron chi connectivity index (χ4n) is 1.87. The molecule has 0 saturated heterocycles. The smallest absolute Gasteiger partial charge is 0.264 e. The van der Waals surface area contributed by atoms with Crippen LogP contribution < -0.4 is 10.0 Å². The molecule has 0 spiro atoms. The lowest BCUT2D eigenvalue weighted by atomic mass is 10.2. The highest BCUT2D eigenvalue weighted by atomic mass is 32.2. The molecule has 0 fully saturated rings. The van der Waals surface area contributed by atoms with Crippen LogP contribution in [-0.2, 0) is 10.0 Å². The minimum Gasteiger partial charge on any atom is -0.366 e. The van der Waals surface area contributed by atoms with E-state index >= 15 is 0 Å². The fourth-order valence-corrected chi connectivity index (χ4v) is 3.12. The molecule has 0 saturated carbocycles. The van der Waals surface area contributed by atoms with E-state index in [2.05, 4.69) is 0 Å². The number of amides is 1. The van der Waals surface area contributed by atoms with Crippen LogP contribution in [0, 0.1) is 5.82 Å². The lowest BCUT2D eigenvalue weighted by molar-refractivity contribution is 0.100. The summed E-state index contributed by atoms with van der Waals surface area (Å²) >= 11 is 0. The predicted octanol–water partition coefficient (Wildman–Crippen LogP) is 1.75. The number of sulfonamides is 1. The zero-order valence-electron chi connectivity index (χ0n) is 11.2. The normalized spacial score (nSPS) is 11.1. The van der Waals surface area contributed by atoms with E-state index in [1.165, 1.54) is 31.3 Å². The lowest BCUT2D eigenvalue weighted by Gasteiger charge is -2.21. The minimum absolute atomic E-state index is 0.0694. The second-order valence-corrected chi connectivity index (χ2v) is 6.28. The van der Waals surface area contributed by atoms with E-state index in [0.29, 0.717) is 0 Å². The van der Waals surface area contributed by atoms with Gasteiger partial charge in [0.05, 0.1) is 16.1 Å². The van der Waals surface area contributed by atoms with Crippen LogP contribution in [0.5, 0.6) is 0 Å². The first kappa shape index (κ1) is 15.0. The van der Waals surface area contributed by atoms with Crippen molar-refractivity contribution in [2.24, 2.45) is 5.73 Å². The summed E-state index contributed by atoms with van der Waals surface area (Å²) in [6, 6.07) is 10.7. The first-order valence-electron chi connectivity index (χ1n) is 5.97. The van der Waals surface area contributed by atoms with Gasteiger partial charge in [0.25, 0.3) is 15.9 Å². The van der Waals surface area contributed by atoms with Crippen molar-refractivity contribution in [2.75, 3.05) is 11.4 Å². The van der Waals surface area contributed by atoms with Gasteiger partial charge in [0.1, 0.15) is 5.82 Å². The molecule has 5 nitrogen and oxygen atoms in total. The molecule has 110 valence electrons. The van der Waals surface area contributed by atoms with Crippen molar-refractivity contribution in [3.05, 3.63) is 59.9 Å². The Hall–Kier alpha value is -2.41. The maximum atomic E-state index is 13.2. The van der Waals surface area contributed by atoms with Crippen molar-refractivity contribution in [3.8, 4) is 0 Å². The third kappa shape index (κ3) is 2.87. The molecule has 0 heterocycles. The van der Waals surface area contributed by atoms with Gasteiger partial charge in [-0.25, -0.2) is 12.8 Å². The number of anilines is 1. The molecule has 0 aliphatic heterocycles. The zero-order valence-corrected chi connectivity index (χ0v) is 12.0. The molecule has 0 bridgehead atoms. The molecule has 0 atom stereocenters. The number of nitrogens with zero attached hydrogens (tertiary/aromatic N) is 1. The van der Waals surface area contributed by atoms with Gasteiger partial charge in [-0.1, -0.05) is 18.2 Å². The van der Waals surface area contributed by atoms with E-state index in [9.17, 15) is 17.6 Å². The first-order valence-corrected chi connectivity index (χ1v) is 7.41. The largest absolute Gasteiger partial charge is 0.366 e. The number of nitrogens with two attached hydrogens (primary N) is 1. The number of primary amides is 1. The molecule has 0 aromatic heterocycles. The summed E-state index contributed by atoms with van der Waals surface area (Å²) in [5.74, 6) is -1.40. The SMILES string of the molecule is CN(c1ccccc1C(N)=O)S(=O)(=O)c1cccc(F)c1. The van der Waals surface area contributed by atoms with Gasteiger partial charge in [0, 0.05) is 7.05 Å². The van der Waals surface area contributed by atoms with Gasteiger partial charge < -0.3 is 5.73 Å². The number of para-hydroxylation sites is 1. The summed E-state index contributed by atoms with van der Waals surface area (Å²) < 4.78 is 39.1. The van der Waals surface area contributed by atoms with Crippen molar-refractivity contribution in [1.82, 2.24) is 0 Å². The van der Waals surface area contributed by atoms with Crippen molar-refractivity contribution in [2.45, 2.75) is 4.90 Å². The number of hydrogen-bond donors (Lipinski definition) is 1. The Balaban J connectivity index is 2.54. The summed E-state index contributed by atoms with van der Waals surface area (Å²) in [6.45, 7) is 0. The van der Waals surface area contributed by atoms with E-state index in [-0.39, 0.29) is 16.1 Å². The second-order valence-electron chi connectivity index (χ2n) is 4.31. The first-order chi connectivity index (χ1) is 9.84. The number of hydrogen-bond acceptors (Lipinski definition) is 3. The predicted molar refractivity (Wildman–Crippen MR) is 76.9 cm³/mol. The maximum absolute atomic E-state index is 13.2. The van der Waals surface area contributed by atoms with Crippen LogP contribution >= 0.6 is 0 Å². The van der Waals surface area contributed by atoms with Gasteiger partial charge in [0.2, 0.25) is 0 Å². The number of benzene rings is 2. The van der Waals surface area contributed by atoms with Crippen molar-refractivity contribution in [3.63, 3.8) is 0 Å². The maximum Gasteiger partial charge on any atom is 0.264 e. The Morgan fingerprint density at radius 2 is 1.81 bits per heavy atom. The summed E-state index contributed by atoms with van der Waals surface area (Å²) in [5.41, 5.74) is 5.44. The molecule has 2 N–H and O–H groups in total. The quantitative estimate of drug-likeness (QED) is 0.934. The monoisotopic (exact) mass is 308 g/mol. The number of halogens is 1. The molecular formula is C14H13FN2O3S. The van der Waals surface area contributed by atoms with Crippen LogP contribution in [0.4, 0.5) is 10.1 Å². The number of carbonyl (C=O) groups excluding carboxylic acids is 1. The van der Waals surface area contributed by atoms with Crippen molar-refractivity contribution >= 4 is 21.6 Å². The highest BCUT2D eigenvalue weighted by Crippen LogP contribution is 2.25. The van der Waals surface area contributed by atoms with E-state index in [0.717, 1.165) is 16.4 Å². The van der Waals surface area contributed by atoms with Crippen molar-refractivity contribution in [1.29, 1.82) is 0 Å². The Labute approximate surface area is 121 Å². The zero-order chi connectivity index (χ0) is 15.6. The summed E-state index contributed by atoms with van der Waals surface area (Å²) in [4.78, 5) is 11.2.